The number of nitrogens with two attached hydrogens (primary N) is 1. The summed E-state index contributed by atoms with van der Waals surface area (Å²) >= 11 is 0. The zero-order chi connectivity index (χ0) is 32.3. The number of fused-ring (bicyclic) bond motifs is 1. The first-order valence-corrected chi connectivity index (χ1v) is 16.8. The summed E-state index contributed by atoms with van der Waals surface area (Å²) in [5, 5.41) is 9.66. The van der Waals surface area contributed by atoms with Gasteiger partial charge in [-0.1, -0.05) is 73.6 Å². The Morgan fingerprint density at radius 2 is 1.68 bits per heavy atom. The molecule has 3 amide bonds. The van der Waals surface area contributed by atoms with Gasteiger partial charge in [0.05, 0.1) is 18.7 Å². The number of carbonyl (C=O) groups is 3. The largest absolute Gasteiger partial charge is 0.465 e. The van der Waals surface area contributed by atoms with Crippen molar-refractivity contribution >= 4 is 17.9 Å². The first-order chi connectivity index (χ1) is 20.6. The smallest absolute Gasteiger partial charge is 0.315 e. The number of ether oxygens (including phenoxy) is 1. The molecule has 6 atom stereocenters. The fourth-order valence-corrected chi connectivity index (χ4v) is 6.59. The van der Waals surface area contributed by atoms with Crippen molar-refractivity contribution in [1.82, 2.24) is 20.9 Å². The van der Waals surface area contributed by atoms with Crippen LogP contribution in [0.2, 0.25) is 0 Å². The van der Waals surface area contributed by atoms with Crippen LogP contribution in [0.5, 0.6) is 0 Å². The van der Waals surface area contributed by atoms with Gasteiger partial charge in [-0.3, -0.25) is 9.59 Å². The molecule has 9 heteroatoms. The van der Waals surface area contributed by atoms with E-state index in [9.17, 15) is 14.4 Å². The second-order valence-corrected chi connectivity index (χ2v) is 15.3. The van der Waals surface area contributed by atoms with E-state index < -0.39 is 17.5 Å². The molecule has 1 heterocycles. The number of nitrogens with one attached hydrogen (secondary N) is 3. The third kappa shape index (κ3) is 8.81. The number of hydrogen-bond acceptors (Lipinski definition) is 6. The normalized spacial score (nSPS) is 24.8. The van der Waals surface area contributed by atoms with E-state index in [0.717, 1.165) is 37.0 Å². The van der Waals surface area contributed by atoms with E-state index in [2.05, 4.69) is 35.7 Å². The molecule has 1 saturated heterocycles. The van der Waals surface area contributed by atoms with Gasteiger partial charge in [0.1, 0.15) is 6.04 Å². The highest BCUT2D eigenvalue weighted by Gasteiger charge is 2.56. The maximum atomic E-state index is 14.2. The van der Waals surface area contributed by atoms with Crippen LogP contribution < -0.4 is 21.7 Å². The van der Waals surface area contributed by atoms with Crippen LogP contribution in [-0.2, 0) is 14.3 Å². The predicted molar refractivity (Wildman–Crippen MR) is 174 cm³/mol. The zero-order valence-corrected chi connectivity index (χ0v) is 27.8. The van der Waals surface area contributed by atoms with Crippen molar-refractivity contribution in [3.8, 4) is 0 Å². The highest BCUT2D eigenvalue weighted by atomic mass is 16.5. The molecule has 9 nitrogen and oxygen atoms in total. The van der Waals surface area contributed by atoms with Gasteiger partial charge in [0.2, 0.25) is 5.91 Å². The average molecular weight is 612 g/mol. The van der Waals surface area contributed by atoms with Crippen LogP contribution in [0.25, 0.3) is 0 Å². The third-order valence-electron chi connectivity index (χ3n) is 10.1. The first-order valence-electron chi connectivity index (χ1n) is 16.8. The van der Waals surface area contributed by atoms with Crippen molar-refractivity contribution < 1.29 is 19.1 Å². The van der Waals surface area contributed by atoms with Crippen LogP contribution in [-0.4, -0.2) is 60.1 Å². The van der Waals surface area contributed by atoms with Gasteiger partial charge in [0.25, 0.3) is 0 Å². The molecule has 0 aromatic rings. The molecule has 0 bridgehead atoms. The van der Waals surface area contributed by atoms with Gasteiger partial charge in [0, 0.05) is 30.4 Å². The van der Waals surface area contributed by atoms with Gasteiger partial charge in [-0.15, -0.1) is 0 Å². The number of esters is 1. The first kappa shape index (κ1) is 33.9. The molecule has 1 aliphatic heterocycles. The average Bonchev–Trinajstić information content (AvgIpc) is 3.85. The third-order valence-corrected chi connectivity index (χ3v) is 10.1. The molecule has 4 fully saturated rings. The molecular weight excluding hydrogens is 554 g/mol. The molecule has 4 unspecified atom stereocenters. The number of urea groups is 1. The Morgan fingerprint density at radius 3 is 2.23 bits per heavy atom. The summed E-state index contributed by atoms with van der Waals surface area (Å²) in [4.78, 5) is 41.7. The maximum Gasteiger partial charge on any atom is 0.315 e. The number of amides is 3. The van der Waals surface area contributed by atoms with Crippen molar-refractivity contribution in [1.29, 1.82) is 0 Å². The van der Waals surface area contributed by atoms with Crippen molar-refractivity contribution in [2.24, 2.45) is 40.7 Å². The lowest BCUT2D eigenvalue weighted by Gasteiger charge is -2.39. The molecule has 0 spiro atoms. The van der Waals surface area contributed by atoms with E-state index in [1.807, 2.05) is 39.5 Å². The SMILES string of the molecule is C=C(N)C(=C)C(CC1CCC1)NC(=C)C1[C@H]2C[C@H]2CN1C(=O)C(NC(=O)NC(CCC(=O)OCC1CC1)C(C)C)C(C)(C)C. The van der Waals surface area contributed by atoms with Crippen molar-refractivity contribution in [3.63, 3.8) is 0 Å². The summed E-state index contributed by atoms with van der Waals surface area (Å²) in [5.74, 6) is 1.73. The van der Waals surface area contributed by atoms with Crippen LogP contribution >= 0.6 is 0 Å². The van der Waals surface area contributed by atoms with Crippen molar-refractivity contribution in [2.45, 2.75) is 117 Å². The second kappa shape index (κ2) is 14.0. The van der Waals surface area contributed by atoms with E-state index in [-0.39, 0.29) is 42.3 Å². The minimum absolute atomic E-state index is 0.0682. The maximum absolute atomic E-state index is 14.2. The molecule has 0 aromatic heterocycles. The fraction of sp³-hybridized carbons (Fsp3) is 0.743. The number of piperidine rings is 1. The van der Waals surface area contributed by atoms with Crippen LogP contribution in [0.1, 0.15) is 92.4 Å². The quantitative estimate of drug-likeness (QED) is 0.144. The summed E-state index contributed by atoms with van der Waals surface area (Å²) in [6.07, 6.45) is 8.64. The van der Waals surface area contributed by atoms with Crippen LogP contribution in [0.4, 0.5) is 4.79 Å². The molecule has 44 heavy (non-hydrogen) atoms. The lowest BCUT2D eigenvalue weighted by molar-refractivity contribution is -0.144. The Balaban J connectivity index is 1.39. The summed E-state index contributed by atoms with van der Waals surface area (Å²) in [6.45, 7) is 23.6. The highest BCUT2D eigenvalue weighted by Crippen LogP contribution is 2.51. The minimum Gasteiger partial charge on any atom is -0.465 e. The summed E-state index contributed by atoms with van der Waals surface area (Å²) in [7, 11) is 0. The number of hydrogen-bond donors (Lipinski definition) is 4. The Bertz CT molecular complexity index is 1120. The highest BCUT2D eigenvalue weighted by molar-refractivity contribution is 5.88. The zero-order valence-electron chi connectivity index (χ0n) is 27.8. The van der Waals surface area contributed by atoms with Gasteiger partial charge < -0.3 is 31.3 Å². The van der Waals surface area contributed by atoms with E-state index >= 15 is 0 Å². The molecule has 4 rings (SSSR count). The minimum atomic E-state index is -0.740. The topological polar surface area (TPSA) is 126 Å². The summed E-state index contributed by atoms with van der Waals surface area (Å²) in [6, 6.07) is -1.60. The Kier molecular flexibility index (Phi) is 10.8. The monoisotopic (exact) mass is 611 g/mol. The molecular formula is C35H57N5O4. The van der Waals surface area contributed by atoms with Gasteiger partial charge >= 0.3 is 12.0 Å². The molecule has 246 valence electrons. The van der Waals surface area contributed by atoms with Crippen LogP contribution in [0.15, 0.2) is 36.7 Å². The van der Waals surface area contributed by atoms with Gasteiger partial charge in [0.15, 0.2) is 0 Å². The summed E-state index contributed by atoms with van der Waals surface area (Å²) in [5.41, 5.74) is 7.59. The molecule has 3 saturated carbocycles. The van der Waals surface area contributed by atoms with Crippen LogP contribution in [0, 0.1) is 35.0 Å². The lowest BCUT2D eigenvalue weighted by atomic mass is 9.79. The summed E-state index contributed by atoms with van der Waals surface area (Å²) < 4.78 is 5.37. The molecule has 0 radical (unpaired) electrons. The van der Waals surface area contributed by atoms with E-state index in [4.69, 9.17) is 10.5 Å². The number of rotatable bonds is 16. The number of nitrogens with zero attached hydrogens (tertiary/aromatic N) is 1. The van der Waals surface area contributed by atoms with Crippen molar-refractivity contribution in [2.75, 3.05) is 13.2 Å². The fourth-order valence-electron chi connectivity index (χ4n) is 6.59. The predicted octanol–water partition coefficient (Wildman–Crippen LogP) is 5.00. The van der Waals surface area contributed by atoms with Gasteiger partial charge in [-0.2, -0.15) is 0 Å². The van der Waals surface area contributed by atoms with Gasteiger partial charge in [-0.05, 0) is 72.7 Å². The van der Waals surface area contributed by atoms with E-state index in [1.165, 1.54) is 19.3 Å². The standard InChI is InChI=1S/C35H57N5O4/c1-20(2)28(14-15-30(41)44-19-25-12-13-25)38-34(43)39-32(35(6,7)8)33(42)40-18-26-17-27(26)31(40)23(5)37-29(21(3)22(4)36)16-24-10-9-11-24/h20,24-29,31-32,37H,3-5,9-19,36H2,1-2,6-8H3,(H2,38,39,43)/t26-,27-,28?,29?,31?,32?/m0/s1. The molecule has 4 aliphatic rings. The van der Waals surface area contributed by atoms with Crippen LogP contribution in [0.3, 0.4) is 0 Å². The lowest BCUT2D eigenvalue weighted by Crippen LogP contribution is -2.59. The molecule has 5 N–H and O–H groups in total. The Labute approximate surface area is 264 Å². The van der Waals surface area contributed by atoms with Crippen molar-refractivity contribution in [3.05, 3.63) is 36.7 Å². The van der Waals surface area contributed by atoms with E-state index in [1.54, 1.807) is 0 Å². The Hall–Kier alpha value is -2.97. The second-order valence-electron chi connectivity index (χ2n) is 15.3. The number of likely N-dealkylation sites (tertiary alicyclic amines) is 1. The Morgan fingerprint density at radius 1 is 1.00 bits per heavy atom. The molecule has 3 aliphatic carbocycles. The molecule has 0 aromatic carbocycles. The van der Waals surface area contributed by atoms with Gasteiger partial charge in [-0.25, -0.2) is 4.79 Å². The number of carbonyl (C=O) groups excluding carboxylic acids is 3. The van der Waals surface area contributed by atoms with E-state index in [0.29, 0.717) is 48.9 Å².